The number of halogens is 1. The van der Waals surface area contributed by atoms with Crippen molar-refractivity contribution in [2.45, 2.75) is 0 Å². The van der Waals surface area contributed by atoms with Gasteiger partial charge < -0.3 is 16.8 Å². The van der Waals surface area contributed by atoms with Crippen LogP contribution in [-0.4, -0.2) is 9.97 Å². The zero-order chi connectivity index (χ0) is 11.5. The summed E-state index contributed by atoms with van der Waals surface area (Å²) < 4.78 is 0. The van der Waals surface area contributed by atoms with Crippen LogP contribution in [0.15, 0.2) is 30.3 Å². The average Bonchev–Trinajstić information content (AvgIpc) is 2.20. The smallest absolute Gasteiger partial charge is 0.231 e. The Morgan fingerprint density at radius 3 is 2.12 bits per heavy atom. The van der Waals surface area contributed by atoms with Crippen molar-refractivity contribution in [2.75, 3.05) is 16.8 Å². The van der Waals surface area contributed by atoms with Crippen LogP contribution in [0.2, 0.25) is 5.02 Å². The molecule has 1 aromatic carbocycles. The number of rotatable bonds is 2. The largest absolute Gasteiger partial charge is 0.383 e. The molecular formula is C10H10ClN5. The first-order valence-electron chi connectivity index (χ1n) is 4.56. The minimum absolute atomic E-state index is 0.323. The molecule has 16 heavy (non-hydrogen) atoms. The van der Waals surface area contributed by atoms with Crippen LogP contribution in [0.4, 0.5) is 23.3 Å². The van der Waals surface area contributed by atoms with Crippen molar-refractivity contribution in [3.05, 3.63) is 35.4 Å². The molecule has 0 fully saturated rings. The number of hydrogen-bond donors (Lipinski definition) is 3. The molecule has 2 rings (SSSR count). The Morgan fingerprint density at radius 2 is 1.56 bits per heavy atom. The van der Waals surface area contributed by atoms with Gasteiger partial charge in [-0.1, -0.05) is 11.6 Å². The molecular weight excluding hydrogens is 226 g/mol. The van der Waals surface area contributed by atoms with E-state index in [9.17, 15) is 0 Å². The summed E-state index contributed by atoms with van der Waals surface area (Å²) in [6.07, 6.45) is 0. The highest BCUT2D eigenvalue weighted by molar-refractivity contribution is 6.30. The highest BCUT2D eigenvalue weighted by atomic mass is 35.5. The standard InChI is InChI=1S/C10H10ClN5/c11-6-1-3-7(4-2-6)14-10-15-8(12)5-9(13)16-10/h1-5H,(H5,12,13,14,15,16). The second-order valence-corrected chi connectivity index (χ2v) is 3.61. The highest BCUT2D eigenvalue weighted by Crippen LogP contribution is 2.17. The summed E-state index contributed by atoms with van der Waals surface area (Å²) in [4.78, 5) is 7.99. The van der Waals surface area contributed by atoms with Gasteiger partial charge in [0.25, 0.3) is 0 Å². The molecule has 6 heteroatoms. The van der Waals surface area contributed by atoms with Gasteiger partial charge in [0, 0.05) is 16.8 Å². The summed E-state index contributed by atoms with van der Waals surface area (Å²) in [7, 11) is 0. The van der Waals surface area contributed by atoms with E-state index in [1.165, 1.54) is 6.07 Å². The van der Waals surface area contributed by atoms with Crippen molar-refractivity contribution in [3.63, 3.8) is 0 Å². The molecule has 1 aromatic heterocycles. The zero-order valence-corrected chi connectivity index (χ0v) is 9.07. The maximum absolute atomic E-state index is 5.77. The Labute approximate surface area is 97.5 Å². The first kappa shape index (κ1) is 10.5. The van der Waals surface area contributed by atoms with E-state index in [1.54, 1.807) is 12.1 Å². The minimum Gasteiger partial charge on any atom is -0.383 e. The van der Waals surface area contributed by atoms with E-state index in [0.29, 0.717) is 22.6 Å². The van der Waals surface area contributed by atoms with Crippen LogP contribution >= 0.6 is 11.6 Å². The first-order valence-corrected chi connectivity index (χ1v) is 4.94. The number of nitrogens with two attached hydrogens (primary N) is 2. The van der Waals surface area contributed by atoms with Crippen LogP contribution in [0.1, 0.15) is 0 Å². The molecule has 0 amide bonds. The van der Waals surface area contributed by atoms with Crippen molar-refractivity contribution >= 4 is 34.9 Å². The monoisotopic (exact) mass is 235 g/mol. The van der Waals surface area contributed by atoms with Crippen molar-refractivity contribution in [1.82, 2.24) is 9.97 Å². The van der Waals surface area contributed by atoms with E-state index in [1.807, 2.05) is 12.1 Å². The normalized spacial score (nSPS) is 10.1. The second-order valence-electron chi connectivity index (χ2n) is 3.17. The third kappa shape index (κ3) is 2.52. The van der Waals surface area contributed by atoms with Gasteiger partial charge in [-0.3, -0.25) is 0 Å². The second kappa shape index (κ2) is 4.24. The van der Waals surface area contributed by atoms with Gasteiger partial charge in [-0.25, -0.2) is 0 Å². The summed E-state index contributed by atoms with van der Waals surface area (Å²) in [5.41, 5.74) is 11.9. The SMILES string of the molecule is Nc1cc(N)nc(Nc2ccc(Cl)cc2)n1. The number of nitrogens with zero attached hydrogens (tertiary/aromatic N) is 2. The fourth-order valence-electron chi connectivity index (χ4n) is 1.20. The molecule has 2 aromatic rings. The Hall–Kier alpha value is -2.01. The van der Waals surface area contributed by atoms with Crippen LogP contribution in [0.25, 0.3) is 0 Å². The molecule has 0 spiro atoms. The molecule has 0 saturated heterocycles. The van der Waals surface area contributed by atoms with E-state index < -0.39 is 0 Å². The van der Waals surface area contributed by atoms with Gasteiger partial charge >= 0.3 is 0 Å². The van der Waals surface area contributed by atoms with Crippen LogP contribution in [0, 0.1) is 0 Å². The van der Waals surface area contributed by atoms with Crippen LogP contribution in [-0.2, 0) is 0 Å². The molecule has 0 atom stereocenters. The third-order valence-corrected chi connectivity index (χ3v) is 2.12. The molecule has 0 aliphatic rings. The Kier molecular flexibility index (Phi) is 2.78. The maximum Gasteiger partial charge on any atom is 0.231 e. The third-order valence-electron chi connectivity index (χ3n) is 1.87. The highest BCUT2D eigenvalue weighted by Gasteiger charge is 2.00. The maximum atomic E-state index is 5.77. The molecule has 1 heterocycles. The Morgan fingerprint density at radius 1 is 1.00 bits per heavy atom. The Balaban J connectivity index is 2.23. The van der Waals surface area contributed by atoms with Crippen molar-refractivity contribution in [2.24, 2.45) is 0 Å². The van der Waals surface area contributed by atoms with E-state index >= 15 is 0 Å². The molecule has 0 aliphatic heterocycles. The number of benzene rings is 1. The number of nitrogens with one attached hydrogen (secondary N) is 1. The van der Waals surface area contributed by atoms with E-state index in [0.717, 1.165) is 5.69 Å². The van der Waals surface area contributed by atoms with Crippen LogP contribution in [0.5, 0.6) is 0 Å². The van der Waals surface area contributed by atoms with Gasteiger partial charge in [-0.05, 0) is 24.3 Å². The zero-order valence-electron chi connectivity index (χ0n) is 8.31. The van der Waals surface area contributed by atoms with Crippen LogP contribution < -0.4 is 16.8 Å². The molecule has 0 saturated carbocycles. The van der Waals surface area contributed by atoms with Crippen molar-refractivity contribution in [1.29, 1.82) is 0 Å². The summed E-state index contributed by atoms with van der Waals surface area (Å²) in [5.74, 6) is 1.01. The predicted octanol–water partition coefficient (Wildman–Crippen LogP) is 2.04. The lowest BCUT2D eigenvalue weighted by Crippen LogP contribution is -2.03. The molecule has 5 nitrogen and oxygen atoms in total. The van der Waals surface area contributed by atoms with Crippen LogP contribution in [0.3, 0.4) is 0 Å². The van der Waals surface area contributed by atoms with E-state index in [4.69, 9.17) is 23.1 Å². The fourth-order valence-corrected chi connectivity index (χ4v) is 1.33. The van der Waals surface area contributed by atoms with Gasteiger partial charge in [0.2, 0.25) is 5.95 Å². The molecule has 0 unspecified atom stereocenters. The van der Waals surface area contributed by atoms with E-state index in [2.05, 4.69) is 15.3 Å². The first-order chi connectivity index (χ1) is 7.63. The average molecular weight is 236 g/mol. The number of hydrogen-bond acceptors (Lipinski definition) is 5. The summed E-state index contributed by atoms with van der Waals surface area (Å²) in [5, 5.41) is 3.64. The fraction of sp³-hybridized carbons (Fsp3) is 0. The minimum atomic E-state index is 0.323. The van der Waals surface area contributed by atoms with Gasteiger partial charge in [-0.15, -0.1) is 0 Å². The van der Waals surface area contributed by atoms with Gasteiger partial charge in [-0.2, -0.15) is 9.97 Å². The topological polar surface area (TPSA) is 89.9 Å². The number of aromatic nitrogens is 2. The number of nitrogen functional groups attached to an aromatic ring is 2. The van der Waals surface area contributed by atoms with E-state index in [-0.39, 0.29) is 0 Å². The lowest BCUT2D eigenvalue weighted by molar-refractivity contribution is 1.18. The molecule has 5 N–H and O–H groups in total. The summed E-state index contributed by atoms with van der Waals surface area (Å²) in [6.45, 7) is 0. The lowest BCUT2D eigenvalue weighted by atomic mass is 10.3. The van der Waals surface area contributed by atoms with Gasteiger partial charge in [0.1, 0.15) is 11.6 Å². The Bertz CT molecular complexity index is 477. The van der Waals surface area contributed by atoms with Gasteiger partial charge in [0.15, 0.2) is 0 Å². The molecule has 0 radical (unpaired) electrons. The molecule has 0 aliphatic carbocycles. The van der Waals surface area contributed by atoms with Crippen molar-refractivity contribution < 1.29 is 0 Å². The predicted molar refractivity (Wildman–Crippen MR) is 65.6 cm³/mol. The summed E-state index contributed by atoms with van der Waals surface area (Å²) >= 11 is 5.77. The van der Waals surface area contributed by atoms with Gasteiger partial charge in [0.05, 0.1) is 0 Å². The summed E-state index contributed by atoms with van der Waals surface area (Å²) in [6, 6.07) is 8.64. The molecule has 0 bridgehead atoms. The number of anilines is 4. The quantitative estimate of drug-likeness (QED) is 0.741. The lowest BCUT2D eigenvalue weighted by Gasteiger charge is -2.05. The van der Waals surface area contributed by atoms with Crippen molar-refractivity contribution in [3.8, 4) is 0 Å². The molecule has 82 valence electrons.